The quantitative estimate of drug-likeness (QED) is 0.411. The Balaban J connectivity index is 1.80. The van der Waals surface area contributed by atoms with E-state index in [0.29, 0.717) is 16.3 Å². The van der Waals surface area contributed by atoms with Gasteiger partial charge in [-0.1, -0.05) is 23.7 Å². The van der Waals surface area contributed by atoms with Crippen molar-refractivity contribution >= 4 is 61.5 Å². The second kappa shape index (κ2) is 9.36. The Morgan fingerprint density at radius 2 is 1.67 bits per heavy atom. The Kier molecular flexibility index (Phi) is 7.05. The number of carbonyl (C=O) groups is 1. The highest BCUT2D eigenvalue weighted by Crippen LogP contribution is 2.23. The molecule has 1 amide bonds. The van der Waals surface area contributed by atoms with Gasteiger partial charge in [0.05, 0.1) is 18.5 Å². The van der Waals surface area contributed by atoms with Crippen molar-refractivity contribution in [2.24, 2.45) is 0 Å². The lowest BCUT2D eigenvalue weighted by Crippen LogP contribution is -2.29. The summed E-state index contributed by atoms with van der Waals surface area (Å²) in [6.45, 7) is 2.10. The first kappa shape index (κ1) is 22.6. The second-order valence-corrected chi connectivity index (χ2v) is 10.4. The van der Waals surface area contributed by atoms with Crippen LogP contribution in [0.3, 0.4) is 0 Å². The van der Waals surface area contributed by atoms with Gasteiger partial charge in [-0.2, -0.15) is 0 Å². The van der Waals surface area contributed by atoms with Crippen LogP contribution in [0.2, 0.25) is 5.02 Å². The van der Waals surface area contributed by atoms with E-state index in [2.05, 4.69) is 27.9 Å². The molecule has 3 aromatic carbocycles. The number of amides is 1. The number of hydrogen-bond donors (Lipinski definition) is 1. The molecule has 0 aliphatic heterocycles. The lowest BCUT2D eigenvalue weighted by atomic mass is 10.1. The van der Waals surface area contributed by atoms with Crippen LogP contribution in [0.15, 0.2) is 66.7 Å². The van der Waals surface area contributed by atoms with Gasteiger partial charge in [0.1, 0.15) is 0 Å². The van der Waals surface area contributed by atoms with Gasteiger partial charge in [0.2, 0.25) is 10.0 Å². The highest BCUT2D eigenvalue weighted by molar-refractivity contribution is 14.1. The first-order valence-corrected chi connectivity index (χ1v) is 12.3. The van der Waals surface area contributed by atoms with Gasteiger partial charge in [-0.3, -0.25) is 9.10 Å². The van der Waals surface area contributed by atoms with E-state index in [1.165, 1.54) is 4.31 Å². The van der Waals surface area contributed by atoms with Crippen LogP contribution in [0, 0.1) is 10.5 Å². The zero-order chi connectivity index (χ0) is 21.9. The first-order chi connectivity index (χ1) is 14.1. The number of anilines is 2. The van der Waals surface area contributed by atoms with Crippen molar-refractivity contribution in [2.75, 3.05) is 15.9 Å². The zero-order valence-electron chi connectivity index (χ0n) is 16.4. The Morgan fingerprint density at radius 1 is 1.03 bits per heavy atom. The molecule has 0 unspecified atom stereocenters. The third-order valence-electron chi connectivity index (χ3n) is 4.49. The number of aryl methyl sites for hydroxylation is 1. The fourth-order valence-corrected chi connectivity index (χ4v) is 4.56. The van der Waals surface area contributed by atoms with Crippen molar-refractivity contribution < 1.29 is 13.2 Å². The minimum atomic E-state index is -3.52. The average Bonchev–Trinajstić information content (AvgIpc) is 2.69. The van der Waals surface area contributed by atoms with Gasteiger partial charge in [-0.15, -0.1) is 0 Å². The van der Waals surface area contributed by atoms with Crippen LogP contribution in [0.25, 0.3) is 0 Å². The maximum absolute atomic E-state index is 12.6. The SMILES string of the molecule is Cc1cc(I)ccc1NC(=O)c1ccc(N(Cc2ccc(Cl)cc2)S(C)(=O)=O)cc1. The van der Waals surface area contributed by atoms with Gasteiger partial charge in [0, 0.05) is 19.8 Å². The van der Waals surface area contributed by atoms with E-state index in [1.54, 1.807) is 48.5 Å². The van der Waals surface area contributed by atoms with Gasteiger partial charge in [-0.05, 0) is 95.2 Å². The zero-order valence-corrected chi connectivity index (χ0v) is 20.1. The lowest BCUT2D eigenvalue weighted by Gasteiger charge is -2.23. The number of rotatable bonds is 6. The van der Waals surface area contributed by atoms with E-state index < -0.39 is 10.0 Å². The summed E-state index contributed by atoms with van der Waals surface area (Å²) in [4.78, 5) is 12.6. The summed E-state index contributed by atoms with van der Waals surface area (Å²) in [7, 11) is -3.52. The van der Waals surface area contributed by atoms with Crippen LogP contribution in [-0.2, 0) is 16.6 Å². The maximum Gasteiger partial charge on any atom is 0.255 e. The molecule has 0 aliphatic rings. The van der Waals surface area contributed by atoms with Gasteiger partial charge in [0.25, 0.3) is 5.91 Å². The van der Waals surface area contributed by atoms with Crippen molar-refractivity contribution in [2.45, 2.75) is 13.5 Å². The number of nitrogens with one attached hydrogen (secondary N) is 1. The molecule has 0 atom stereocenters. The van der Waals surface area contributed by atoms with Crippen LogP contribution in [0.5, 0.6) is 0 Å². The molecular weight excluding hydrogens is 535 g/mol. The van der Waals surface area contributed by atoms with Crippen LogP contribution in [0.4, 0.5) is 11.4 Å². The molecule has 0 aromatic heterocycles. The number of carbonyl (C=O) groups excluding carboxylic acids is 1. The molecule has 3 aromatic rings. The molecule has 0 bridgehead atoms. The lowest BCUT2D eigenvalue weighted by molar-refractivity contribution is 0.102. The molecule has 0 saturated heterocycles. The van der Waals surface area contributed by atoms with E-state index >= 15 is 0 Å². The summed E-state index contributed by atoms with van der Waals surface area (Å²) in [5.74, 6) is -0.255. The molecule has 30 heavy (non-hydrogen) atoms. The molecule has 8 heteroatoms. The van der Waals surface area contributed by atoms with Gasteiger partial charge >= 0.3 is 0 Å². The topological polar surface area (TPSA) is 66.5 Å². The number of hydrogen-bond acceptors (Lipinski definition) is 3. The summed E-state index contributed by atoms with van der Waals surface area (Å²) >= 11 is 8.13. The molecule has 0 heterocycles. The minimum Gasteiger partial charge on any atom is -0.322 e. The molecule has 5 nitrogen and oxygen atoms in total. The Morgan fingerprint density at radius 3 is 2.23 bits per heavy atom. The summed E-state index contributed by atoms with van der Waals surface area (Å²) < 4.78 is 27.1. The highest BCUT2D eigenvalue weighted by Gasteiger charge is 2.18. The molecule has 0 saturated carbocycles. The van der Waals surface area contributed by atoms with Crippen molar-refractivity contribution in [3.05, 3.63) is 92.0 Å². The maximum atomic E-state index is 12.6. The molecule has 1 N–H and O–H groups in total. The van der Waals surface area contributed by atoms with E-state index in [4.69, 9.17) is 11.6 Å². The highest BCUT2D eigenvalue weighted by atomic mass is 127. The minimum absolute atomic E-state index is 0.170. The van der Waals surface area contributed by atoms with E-state index in [9.17, 15) is 13.2 Å². The molecule has 0 aliphatic carbocycles. The standard InChI is InChI=1S/C22H20ClIN2O3S/c1-15-13-19(24)9-12-21(15)25-22(27)17-5-10-20(11-6-17)26(30(2,28)29)14-16-3-7-18(23)8-4-16/h3-13H,14H2,1-2H3,(H,25,27). The third kappa shape index (κ3) is 5.74. The fourth-order valence-electron chi connectivity index (χ4n) is 2.90. The summed E-state index contributed by atoms with van der Waals surface area (Å²) in [6.07, 6.45) is 1.16. The predicted octanol–water partition coefficient (Wildman–Crippen LogP) is 5.47. The van der Waals surface area contributed by atoms with Crippen LogP contribution in [0.1, 0.15) is 21.5 Å². The van der Waals surface area contributed by atoms with Crippen LogP contribution >= 0.6 is 34.2 Å². The molecule has 0 spiro atoms. The predicted molar refractivity (Wildman–Crippen MR) is 131 cm³/mol. The van der Waals surface area contributed by atoms with Crippen molar-refractivity contribution in [1.29, 1.82) is 0 Å². The number of sulfonamides is 1. The third-order valence-corrected chi connectivity index (χ3v) is 6.56. The normalized spacial score (nSPS) is 11.2. The Bertz CT molecular complexity index is 1160. The Hall–Kier alpha value is -2.10. The molecule has 0 fully saturated rings. The monoisotopic (exact) mass is 554 g/mol. The smallest absolute Gasteiger partial charge is 0.255 e. The van der Waals surface area contributed by atoms with Crippen molar-refractivity contribution in [3.63, 3.8) is 0 Å². The van der Waals surface area contributed by atoms with Gasteiger partial charge < -0.3 is 5.32 Å². The second-order valence-electron chi connectivity index (χ2n) is 6.86. The molecule has 0 radical (unpaired) electrons. The van der Waals surface area contributed by atoms with Crippen molar-refractivity contribution in [3.8, 4) is 0 Å². The number of nitrogens with zero attached hydrogens (tertiary/aromatic N) is 1. The van der Waals surface area contributed by atoms with Gasteiger partial charge in [-0.25, -0.2) is 8.42 Å². The Labute approximate surface area is 195 Å². The number of benzene rings is 3. The molecule has 156 valence electrons. The van der Waals surface area contributed by atoms with E-state index in [-0.39, 0.29) is 12.5 Å². The summed E-state index contributed by atoms with van der Waals surface area (Å²) in [6, 6.07) is 19.3. The summed E-state index contributed by atoms with van der Waals surface area (Å²) in [5.41, 5.74) is 3.44. The largest absolute Gasteiger partial charge is 0.322 e. The molecule has 3 rings (SSSR count). The van der Waals surface area contributed by atoms with Gasteiger partial charge in [0.15, 0.2) is 0 Å². The van der Waals surface area contributed by atoms with E-state index in [1.807, 2.05) is 25.1 Å². The summed E-state index contributed by atoms with van der Waals surface area (Å²) in [5, 5.41) is 3.48. The van der Waals surface area contributed by atoms with Crippen LogP contribution < -0.4 is 9.62 Å². The van der Waals surface area contributed by atoms with E-state index in [0.717, 1.165) is 26.6 Å². The van der Waals surface area contributed by atoms with Crippen LogP contribution in [-0.4, -0.2) is 20.6 Å². The number of halogens is 2. The fraction of sp³-hybridized carbons (Fsp3) is 0.136. The van der Waals surface area contributed by atoms with Crippen molar-refractivity contribution in [1.82, 2.24) is 0 Å². The molecular formula is C22H20ClIN2O3S. The average molecular weight is 555 g/mol. The first-order valence-electron chi connectivity index (χ1n) is 9.03.